The van der Waals surface area contributed by atoms with Crippen LogP contribution < -0.4 is 11.1 Å². The van der Waals surface area contributed by atoms with Crippen LogP contribution >= 0.6 is 11.6 Å². The van der Waals surface area contributed by atoms with Gasteiger partial charge in [-0.15, -0.1) is 0 Å². The van der Waals surface area contributed by atoms with Gasteiger partial charge in [-0.3, -0.25) is 9.78 Å². The molecular formula is C20H18ClN7O. The number of halogens is 1. The molecule has 1 aliphatic heterocycles. The predicted molar refractivity (Wildman–Crippen MR) is 109 cm³/mol. The van der Waals surface area contributed by atoms with Crippen molar-refractivity contribution in [2.75, 3.05) is 25.0 Å². The summed E-state index contributed by atoms with van der Waals surface area (Å²) in [6.45, 7) is 2.79. The first-order chi connectivity index (χ1) is 14.1. The summed E-state index contributed by atoms with van der Waals surface area (Å²) in [5, 5.41) is 13.0. The van der Waals surface area contributed by atoms with Crippen LogP contribution in [-0.4, -0.2) is 45.4 Å². The zero-order valence-electron chi connectivity index (χ0n) is 15.5. The second-order valence-electron chi connectivity index (χ2n) is 6.84. The molecule has 0 spiro atoms. The Morgan fingerprint density at radius 3 is 2.76 bits per heavy atom. The van der Waals surface area contributed by atoms with E-state index < -0.39 is 5.91 Å². The molecule has 0 radical (unpaired) electrons. The number of carbonyl (C=O) groups is 1. The van der Waals surface area contributed by atoms with Crippen LogP contribution in [0.15, 0.2) is 36.8 Å². The second kappa shape index (κ2) is 7.99. The number of nitrogens with two attached hydrogens (primary N) is 1. The molecule has 1 saturated heterocycles. The summed E-state index contributed by atoms with van der Waals surface area (Å²) >= 11 is 6.26. The van der Waals surface area contributed by atoms with Gasteiger partial charge in [0, 0.05) is 12.7 Å². The lowest BCUT2D eigenvalue weighted by molar-refractivity contribution is 0.100. The molecular weight excluding hydrogens is 390 g/mol. The number of fused-ring (bicyclic) bond motifs is 1. The fraction of sp³-hybridized carbons (Fsp3) is 0.250. The zero-order valence-corrected chi connectivity index (χ0v) is 16.2. The van der Waals surface area contributed by atoms with Crippen LogP contribution in [0.5, 0.6) is 0 Å². The SMILES string of the molecule is N#Cc1ccc(C(CN2CCC2)Nc2ncnc3c(C(N)=O)ccnc23)cc1Cl. The molecule has 0 aliphatic carbocycles. The van der Waals surface area contributed by atoms with Crippen LogP contribution in [0.2, 0.25) is 5.02 Å². The van der Waals surface area contributed by atoms with Crippen LogP contribution in [0, 0.1) is 11.3 Å². The van der Waals surface area contributed by atoms with E-state index in [1.165, 1.54) is 18.9 Å². The molecule has 2 aromatic heterocycles. The first-order valence-electron chi connectivity index (χ1n) is 9.15. The highest BCUT2D eigenvalue weighted by atomic mass is 35.5. The zero-order chi connectivity index (χ0) is 20.4. The van der Waals surface area contributed by atoms with E-state index in [4.69, 9.17) is 22.6 Å². The number of carbonyl (C=O) groups excluding carboxylic acids is 1. The number of likely N-dealkylation sites (tertiary alicyclic amines) is 1. The van der Waals surface area contributed by atoms with Crippen molar-refractivity contribution in [2.24, 2.45) is 5.73 Å². The highest BCUT2D eigenvalue weighted by molar-refractivity contribution is 6.31. The summed E-state index contributed by atoms with van der Waals surface area (Å²) in [4.78, 5) is 26.9. The third-order valence-electron chi connectivity index (χ3n) is 5.00. The van der Waals surface area contributed by atoms with E-state index in [2.05, 4.69) is 31.2 Å². The molecule has 1 aromatic carbocycles. The van der Waals surface area contributed by atoms with Gasteiger partial charge in [-0.1, -0.05) is 17.7 Å². The number of pyridine rings is 1. The predicted octanol–water partition coefficient (Wildman–Crippen LogP) is 2.51. The van der Waals surface area contributed by atoms with Crippen molar-refractivity contribution in [3.8, 4) is 6.07 Å². The lowest BCUT2D eigenvalue weighted by Crippen LogP contribution is -2.41. The summed E-state index contributed by atoms with van der Waals surface area (Å²) < 4.78 is 0. The number of aromatic nitrogens is 3. The van der Waals surface area contributed by atoms with Crippen molar-refractivity contribution in [3.63, 3.8) is 0 Å². The van der Waals surface area contributed by atoms with E-state index in [0.717, 1.165) is 25.2 Å². The topological polar surface area (TPSA) is 121 Å². The van der Waals surface area contributed by atoms with Gasteiger partial charge >= 0.3 is 0 Å². The van der Waals surface area contributed by atoms with Crippen LogP contribution in [0.1, 0.15) is 33.9 Å². The second-order valence-corrected chi connectivity index (χ2v) is 7.25. The van der Waals surface area contributed by atoms with Gasteiger partial charge in [-0.25, -0.2) is 9.97 Å². The Morgan fingerprint density at radius 1 is 1.28 bits per heavy atom. The number of anilines is 1. The number of nitrogens with one attached hydrogen (secondary N) is 1. The van der Waals surface area contributed by atoms with Gasteiger partial charge in [0.2, 0.25) is 0 Å². The number of rotatable bonds is 6. The summed E-state index contributed by atoms with van der Waals surface area (Å²) in [7, 11) is 0. The van der Waals surface area contributed by atoms with Gasteiger partial charge in [0.05, 0.1) is 22.2 Å². The summed E-state index contributed by atoms with van der Waals surface area (Å²) in [5.41, 5.74) is 7.98. The average molecular weight is 408 g/mol. The molecule has 4 rings (SSSR count). The smallest absolute Gasteiger partial charge is 0.251 e. The Labute approximate surface area is 172 Å². The normalized spacial score (nSPS) is 14.8. The van der Waals surface area contributed by atoms with Gasteiger partial charge in [0.15, 0.2) is 5.82 Å². The van der Waals surface area contributed by atoms with E-state index in [-0.39, 0.29) is 6.04 Å². The largest absolute Gasteiger partial charge is 0.366 e. The molecule has 1 unspecified atom stereocenters. The molecule has 1 atom stereocenters. The van der Waals surface area contributed by atoms with Crippen molar-refractivity contribution >= 4 is 34.4 Å². The fourth-order valence-electron chi connectivity index (χ4n) is 3.33. The van der Waals surface area contributed by atoms with E-state index in [9.17, 15) is 4.79 Å². The quantitative estimate of drug-likeness (QED) is 0.643. The van der Waals surface area contributed by atoms with E-state index in [0.29, 0.717) is 33.0 Å². The molecule has 9 heteroatoms. The number of amides is 1. The Balaban J connectivity index is 1.73. The Kier molecular flexibility index (Phi) is 5.25. The Bertz CT molecular complexity index is 1120. The van der Waals surface area contributed by atoms with E-state index in [1.54, 1.807) is 18.2 Å². The molecule has 0 bridgehead atoms. The average Bonchev–Trinajstić information content (AvgIpc) is 2.69. The third-order valence-corrected chi connectivity index (χ3v) is 5.32. The summed E-state index contributed by atoms with van der Waals surface area (Å²) in [5.74, 6) is -0.0674. The Morgan fingerprint density at radius 2 is 2.10 bits per heavy atom. The number of hydrogen-bond donors (Lipinski definition) is 2. The minimum absolute atomic E-state index is 0.141. The highest BCUT2D eigenvalue weighted by Crippen LogP contribution is 2.28. The van der Waals surface area contributed by atoms with Gasteiger partial charge in [0.1, 0.15) is 23.4 Å². The number of nitriles is 1. The number of primary amides is 1. The maximum atomic E-state index is 11.7. The van der Waals surface area contributed by atoms with Gasteiger partial charge in [-0.05, 0) is 43.3 Å². The lowest BCUT2D eigenvalue weighted by atomic mass is 10.0. The maximum absolute atomic E-state index is 11.7. The van der Waals surface area contributed by atoms with Crippen LogP contribution in [0.25, 0.3) is 11.0 Å². The van der Waals surface area contributed by atoms with Gasteiger partial charge in [-0.2, -0.15) is 5.26 Å². The molecule has 3 heterocycles. The number of benzene rings is 1. The minimum Gasteiger partial charge on any atom is -0.366 e. The maximum Gasteiger partial charge on any atom is 0.251 e. The first kappa shape index (κ1) is 19.1. The lowest BCUT2D eigenvalue weighted by Gasteiger charge is -2.34. The molecule has 29 heavy (non-hydrogen) atoms. The molecule has 1 aliphatic rings. The molecule has 3 N–H and O–H groups in total. The molecule has 1 amide bonds. The van der Waals surface area contributed by atoms with Crippen molar-refractivity contribution in [2.45, 2.75) is 12.5 Å². The van der Waals surface area contributed by atoms with Gasteiger partial charge < -0.3 is 16.0 Å². The molecule has 3 aromatic rings. The van der Waals surface area contributed by atoms with Crippen molar-refractivity contribution < 1.29 is 4.79 Å². The fourth-order valence-corrected chi connectivity index (χ4v) is 3.56. The minimum atomic E-state index is -0.571. The van der Waals surface area contributed by atoms with Gasteiger partial charge in [0.25, 0.3) is 5.91 Å². The first-order valence-corrected chi connectivity index (χ1v) is 9.52. The van der Waals surface area contributed by atoms with E-state index in [1.807, 2.05) is 6.07 Å². The standard InChI is InChI=1S/C20H18ClN7O/c21-15-8-12(2-3-13(15)9-22)16(10-28-6-1-7-28)27-20-18-17(25-11-26-20)14(19(23)29)4-5-24-18/h2-5,8,11,16H,1,6-7,10H2,(H2,23,29)(H,25,26,27). The summed E-state index contributed by atoms with van der Waals surface area (Å²) in [6.07, 6.45) is 4.06. The van der Waals surface area contributed by atoms with Crippen molar-refractivity contribution in [3.05, 3.63) is 58.5 Å². The Hall–Kier alpha value is -3.28. The number of nitrogens with zero attached hydrogens (tertiary/aromatic N) is 5. The molecule has 1 fully saturated rings. The molecule has 0 saturated carbocycles. The highest BCUT2D eigenvalue weighted by Gasteiger charge is 2.23. The van der Waals surface area contributed by atoms with Crippen molar-refractivity contribution in [1.29, 1.82) is 5.26 Å². The van der Waals surface area contributed by atoms with Crippen LogP contribution in [0.3, 0.4) is 0 Å². The van der Waals surface area contributed by atoms with Crippen LogP contribution in [0.4, 0.5) is 5.82 Å². The van der Waals surface area contributed by atoms with Crippen molar-refractivity contribution in [1.82, 2.24) is 19.9 Å². The molecule has 8 nitrogen and oxygen atoms in total. The van der Waals surface area contributed by atoms with Crippen LogP contribution in [-0.2, 0) is 0 Å². The van der Waals surface area contributed by atoms with E-state index >= 15 is 0 Å². The number of hydrogen-bond acceptors (Lipinski definition) is 7. The third kappa shape index (κ3) is 3.83. The monoisotopic (exact) mass is 407 g/mol. The summed E-state index contributed by atoms with van der Waals surface area (Å²) in [6, 6.07) is 8.87. The molecule has 146 valence electrons.